The smallest absolute Gasteiger partial charge is 0.176 e. The number of ketones is 1. The number of carbonyl (C=O) groups excluding carboxylic acids is 1. The molecule has 3 heteroatoms. The maximum absolute atomic E-state index is 12.3. The van der Waals surface area contributed by atoms with Gasteiger partial charge in [-0.2, -0.15) is 0 Å². The van der Waals surface area contributed by atoms with Crippen LogP contribution in [0.25, 0.3) is 0 Å². The van der Waals surface area contributed by atoms with Gasteiger partial charge in [0.15, 0.2) is 5.78 Å². The Kier molecular flexibility index (Phi) is 6.73. The Morgan fingerprint density at radius 3 is 2.21 bits per heavy atom. The van der Waals surface area contributed by atoms with E-state index in [4.69, 9.17) is 0 Å². The lowest BCUT2D eigenvalue weighted by atomic mass is 10.1. The van der Waals surface area contributed by atoms with Crippen molar-refractivity contribution < 1.29 is 4.79 Å². The highest BCUT2D eigenvalue weighted by atomic mass is 79.9. The van der Waals surface area contributed by atoms with Crippen LogP contribution in [0.4, 0.5) is 0 Å². The molecule has 0 fully saturated rings. The number of nitrogens with zero attached hydrogens (tertiary/aromatic N) is 1. The van der Waals surface area contributed by atoms with E-state index in [1.54, 1.807) is 0 Å². The molecule has 1 rings (SSSR count). The number of benzene rings is 1. The number of hydrogen-bond donors (Lipinski definition) is 0. The largest absolute Gasteiger partial charge is 0.295 e. The van der Waals surface area contributed by atoms with Gasteiger partial charge < -0.3 is 0 Å². The van der Waals surface area contributed by atoms with Crippen molar-refractivity contribution in [2.45, 2.75) is 27.7 Å². The van der Waals surface area contributed by atoms with Crippen molar-refractivity contribution in [1.82, 2.24) is 4.90 Å². The first kappa shape index (κ1) is 16.4. The molecule has 1 aromatic carbocycles. The van der Waals surface area contributed by atoms with Crippen LogP contribution in [0.2, 0.25) is 0 Å². The summed E-state index contributed by atoms with van der Waals surface area (Å²) in [5.41, 5.74) is 0.784. The highest BCUT2D eigenvalue weighted by Crippen LogP contribution is 2.13. The fourth-order valence-corrected chi connectivity index (χ4v) is 2.59. The third-order valence-corrected chi connectivity index (χ3v) is 3.25. The van der Waals surface area contributed by atoms with Gasteiger partial charge in [0.25, 0.3) is 0 Å². The van der Waals surface area contributed by atoms with Crippen LogP contribution in [0.15, 0.2) is 28.7 Å². The van der Waals surface area contributed by atoms with E-state index >= 15 is 0 Å². The molecule has 0 atom stereocenters. The Bertz CT molecular complexity index is 405. The SMILES string of the molecule is CC(C)CN(CC(=O)c1cccc(Br)c1)CC(C)C. The number of hydrogen-bond acceptors (Lipinski definition) is 2. The van der Waals surface area contributed by atoms with E-state index in [1.165, 1.54) is 0 Å². The summed E-state index contributed by atoms with van der Waals surface area (Å²) >= 11 is 3.41. The average molecular weight is 326 g/mol. The predicted octanol–water partition coefficient (Wildman–Crippen LogP) is 4.25. The Balaban J connectivity index is 2.69. The minimum absolute atomic E-state index is 0.197. The molecule has 0 spiro atoms. The van der Waals surface area contributed by atoms with Crippen LogP contribution in [-0.4, -0.2) is 30.3 Å². The molecule has 0 aliphatic rings. The molecule has 0 unspecified atom stereocenters. The van der Waals surface area contributed by atoms with E-state index in [9.17, 15) is 4.79 Å². The van der Waals surface area contributed by atoms with Crippen molar-refractivity contribution in [3.8, 4) is 0 Å². The molecule has 0 radical (unpaired) electrons. The summed E-state index contributed by atoms with van der Waals surface area (Å²) < 4.78 is 0.956. The lowest BCUT2D eigenvalue weighted by molar-refractivity contribution is 0.0912. The quantitative estimate of drug-likeness (QED) is 0.698. The van der Waals surface area contributed by atoms with E-state index < -0.39 is 0 Å². The second-order valence-electron chi connectivity index (χ2n) is 5.92. The summed E-state index contributed by atoms with van der Waals surface area (Å²) in [4.78, 5) is 14.6. The fourth-order valence-electron chi connectivity index (χ4n) is 2.19. The number of carbonyl (C=O) groups is 1. The molecule has 0 bridgehead atoms. The van der Waals surface area contributed by atoms with Crippen molar-refractivity contribution in [3.05, 3.63) is 34.3 Å². The van der Waals surface area contributed by atoms with E-state index in [-0.39, 0.29) is 5.78 Å². The number of halogens is 1. The second-order valence-corrected chi connectivity index (χ2v) is 6.83. The van der Waals surface area contributed by atoms with Crippen LogP contribution in [0.1, 0.15) is 38.1 Å². The second kappa shape index (κ2) is 7.81. The molecule has 0 saturated carbocycles. The highest BCUT2D eigenvalue weighted by molar-refractivity contribution is 9.10. The van der Waals surface area contributed by atoms with Gasteiger partial charge in [-0.25, -0.2) is 0 Å². The topological polar surface area (TPSA) is 20.3 Å². The molecule has 106 valence electrons. The van der Waals surface area contributed by atoms with E-state index in [0.717, 1.165) is 23.1 Å². The van der Waals surface area contributed by atoms with Crippen molar-refractivity contribution >= 4 is 21.7 Å². The van der Waals surface area contributed by atoms with Gasteiger partial charge in [-0.15, -0.1) is 0 Å². The summed E-state index contributed by atoms with van der Waals surface area (Å²) in [7, 11) is 0. The third kappa shape index (κ3) is 6.35. The van der Waals surface area contributed by atoms with Crippen LogP contribution in [0.5, 0.6) is 0 Å². The molecule has 0 saturated heterocycles. The molecule has 0 heterocycles. The standard InChI is InChI=1S/C16H24BrNO/c1-12(2)9-18(10-13(3)4)11-16(19)14-6-5-7-15(17)8-14/h5-8,12-13H,9-11H2,1-4H3. The first-order valence-electron chi connectivity index (χ1n) is 6.89. The van der Waals surface area contributed by atoms with Crippen LogP contribution in [-0.2, 0) is 0 Å². The van der Waals surface area contributed by atoms with Gasteiger partial charge in [0, 0.05) is 23.1 Å². The van der Waals surface area contributed by atoms with Gasteiger partial charge in [-0.05, 0) is 24.0 Å². The minimum atomic E-state index is 0.197. The predicted molar refractivity (Wildman–Crippen MR) is 84.6 cm³/mol. The van der Waals surface area contributed by atoms with Crippen LogP contribution < -0.4 is 0 Å². The summed E-state index contributed by atoms with van der Waals surface area (Å²) in [6, 6.07) is 7.63. The molecule has 2 nitrogen and oxygen atoms in total. The molecule has 19 heavy (non-hydrogen) atoms. The zero-order chi connectivity index (χ0) is 14.4. The lowest BCUT2D eigenvalue weighted by Gasteiger charge is -2.25. The molecule has 0 amide bonds. The van der Waals surface area contributed by atoms with Crippen molar-refractivity contribution in [2.24, 2.45) is 11.8 Å². The van der Waals surface area contributed by atoms with Gasteiger partial charge in [0.1, 0.15) is 0 Å². The maximum atomic E-state index is 12.3. The van der Waals surface area contributed by atoms with Crippen molar-refractivity contribution in [2.75, 3.05) is 19.6 Å². The maximum Gasteiger partial charge on any atom is 0.176 e. The van der Waals surface area contributed by atoms with E-state index in [2.05, 4.69) is 48.5 Å². The molecular formula is C16H24BrNO. The summed E-state index contributed by atoms with van der Waals surface area (Å²) in [6.07, 6.45) is 0. The normalized spacial score (nSPS) is 11.6. The van der Waals surface area contributed by atoms with Crippen LogP contribution in [0.3, 0.4) is 0 Å². The first-order chi connectivity index (χ1) is 8.88. The van der Waals surface area contributed by atoms with Gasteiger partial charge in [0.05, 0.1) is 6.54 Å². The Labute approximate surface area is 125 Å². The molecule has 0 aliphatic heterocycles. The Hall–Kier alpha value is -0.670. The number of rotatable bonds is 7. The first-order valence-corrected chi connectivity index (χ1v) is 7.69. The van der Waals surface area contributed by atoms with Crippen molar-refractivity contribution in [1.29, 1.82) is 0 Å². The summed E-state index contributed by atoms with van der Waals surface area (Å²) in [6.45, 7) is 11.2. The summed E-state index contributed by atoms with van der Waals surface area (Å²) in [5.74, 6) is 1.35. The average Bonchev–Trinajstić information content (AvgIpc) is 2.26. The van der Waals surface area contributed by atoms with E-state index in [0.29, 0.717) is 18.4 Å². The monoisotopic (exact) mass is 325 g/mol. The molecule has 0 N–H and O–H groups in total. The molecule has 0 aliphatic carbocycles. The van der Waals surface area contributed by atoms with Gasteiger partial charge in [-0.1, -0.05) is 55.8 Å². The van der Waals surface area contributed by atoms with Gasteiger partial charge in [0.2, 0.25) is 0 Å². The Morgan fingerprint density at radius 1 is 1.16 bits per heavy atom. The van der Waals surface area contributed by atoms with Crippen molar-refractivity contribution in [3.63, 3.8) is 0 Å². The minimum Gasteiger partial charge on any atom is -0.295 e. The molecule has 1 aromatic rings. The van der Waals surface area contributed by atoms with Gasteiger partial charge >= 0.3 is 0 Å². The Morgan fingerprint density at radius 2 is 1.74 bits per heavy atom. The third-order valence-electron chi connectivity index (χ3n) is 2.76. The molecular weight excluding hydrogens is 302 g/mol. The highest BCUT2D eigenvalue weighted by Gasteiger charge is 2.15. The van der Waals surface area contributed by atoms with E-state index in [1.807, 2.05) is 24.3 Å². The lowest BCUT2D eigenvalue weighted by Crippen LogP contribution is -2.35. The van der Waals surface area contributed by atoms with Crippen LogP contribution in [0, 0.1) is 11.8 Å². The summed E-state index contributed by atoms with van der Waals surface area (Å²) in [5, 5.41) is 0. The zero-order valence-corrected chi connectivity index (χ0v) is 13.9. The zero-order valence-electron chi connectivity index (χ0n) is 12.3. The number of Topliss-reactive ketones (excluding diaryl/α,β-unsaturated/α-hetero) is 1. The molecule has 0 aromatic heterocycles. The fraction of sp³-hybridized carbons (Fsp3) is 0.562. The van der Waals surface area contributed by atoms with Gasteiger partial charge in [-0.3, -0.25) is 9.69 Å². The van der Waals surface area contributed by atoms with Crippen LogP contribution >= 0.6 is 15.9 Å².